The van der Waals surface area contributed by atoms with Gasteiger partial charge in [0.1, 0.15) is 5.75 Å². The Kier molecular flexibility index (Phi) is 6.14. The van der Waals surface area contributed by atoms with Gasteiger partial charge in [0.25, 0.3) is 0 Å². The zero-order chi connectivity index (χ0) is 14.4. The molecule has 2 rings (SSSR count). The van der Waals surface area contributed by atoms with E-state index < -0.39 is 0 Å². The van der Waals surface area contributed by atoms with Gasteiger partial charge in [0.2, 0.25) is 0 Å². The normalized spacial score (nSPS) is 20.6. The van der Waals surface area contributed by atoms with Gasteiger partial charge in [0.05, 0.1) is 7.11 Å². The van der Waals surface area contributed by atoms with Gasteiger partial charge in [-0.15, -0.1) is 0 Å². The summed E-state index contributed by atoms with van der Waals surface area (Å²) in [6.07, 6.45) is 3.72. The second-order valence-corrected chi connectivity index (χ2v) is 5.77. The molecule has 0 saturated carbocycles. The van der Waals surface area contributed by atoms with Crippen molar-refractivity contribution in [3.63, 3.8) is 0 Å². The maximum Gasteiger partial charge on any atom is 0.124 e. The lowest BCUT2D eigenvalue weighted by Gasteiger charge is -2.19. The largest absolute Gasteiger partial charge is 0.496 e. The van der Waals surface area contributed by atoms with Crippen LogP contribution in [-0.4, -0.2) is 37.7 Å². The summed E-state index contributed by atoms with van der Waals surface area (Å²) in [5.74, 6) is 0.869. The van der Waals surface area contributed by atoms with E-state index >= 15 is 0 Å². The van der Waals surface area contributed by atoms with Crippen molar-refractivity contribution >= 4 is 11.6 Å². The van der Waals surface area contributed by atoms with Crippen LogP contribution in [0.1, 0.15) is 31.7 Å². The number of hydrogen-bond acceptors (Lipinski definition) is 3. The molecule has 1 aromatic carbocycles. The molecule has 1 fully saturated rings. The van der Waals surface area contributed by atoms with Crippen LogP contribution < -0.4 is 10.1 Å². The summed E-state index contributed by atoms with van der Waals surface area (Å²) in [6, 6.07) is 6.39. The third kappa shape index (κ3) is 4.11. The number of methoxy groups -OCH3 is 1. The van der Waals surface area contributed by atoms with Crippen LogP contribution in [0.2, 0.25) is 5.02 Å². The van der Waals surface area contributed by atoms with E-state index in [1.165, 1.54) is 32.4 Å². The number of benzene rings is 1. The van der Waals surface area contributed by atoms with Gasteiger partial charge in [-0.05, 0) is 51.0 Å². The summed E-state index contributed by atoms with van der Waals surface area (Å²) in [5.41, 5.74) is 1.06. The van der Waals surface area contributed by atoms with Crippen LogP contribution in [0.5, 0.6) is 5.75 Å². The molecular weight excluding hydrogens is 272 g/mol. The smallest absolute Gasteiger partial charge is 0.124 e. The summed E-state index contributed by atoms with van der Waals surface area (Å²) in [5, 5.41) is 4.43. The summed E-state index contributed by atoms with van der Waals surface area (Å²) in [6.45, 7) is 6.59. The Labute approximate surface area is 127 Å². The van der Waals surface area contributed by atoms with Gasteiger partial charge in [-0.1, -0.05) is 24.6 Å². The lowest BCUT2D eigenvalue weighted by atomic mass is 10.1. The second-order valence-electron chi connectivity index (χ2n) is 5.36. The Morgan fingerprint density at radius 2 is 2.20 bits per heavy atom. The number of nitrogens with zero attached hydrogens (tertiary/aromatic N) is 1. The first-order valence-electron chi connectivity index (χ1n) is 7.51. The molecule has 0 bridgehead atoms. The van der Waals surface area contributed by atoms with Crippen LogP contribution in [-0.2, 0) is 6.54 Å². The average Bonchev–Trinajstić information content (AvgIpc) is 2.70. The monoisotopic (exact) mass is 296 g/mol. The third-order valence-corrected chi connectivity index (χ3v) is 4.49. The molecule has 0 aromatic heterocycles. The SMILES string of the molecule is CCN1CCCC(NCc2c(Cl)cccc2OC)CC1. The first kappa shape index (κ1) is 15.6. The van der Waals surface area contributed by atoms with Crippen molar-refractivity contribution in [3.05, 3.63) is 28.8 Å². The number of nitrogens with one attached hydrogen (secondary N) is 1. The molecule has 0 spiro atoms. The van der Waals surface area contributed by atoms with Crippen molar-refractivity contribution in [2.75, 3.05) is 26.7 Å². The van der Waals surface area contributed by atoms with Crippen LogP contribution in [0.25, 0.3) is 0 Å². The van der Waals surface area contributed by atoms with Gasteiger partial charge in [-0.25, -0.2) is 0 Å². The van der Waals surface area contributed by atoms with E-state index in [2.05, 4.69) is 17.1 Å². The molecule has 1 unspecified atom stereocenters. The minimum absolute atomic E-state index is 0.576. The van der Waals surface area contributed by atoms with E-state index in [1.807, 2.05) is 18.2 Å². The highest BCUT2D eigenvalue weighted by atomic mass is 35.5. The predicted molar refractivity (Wildman–Crippen MR) is 84.6 cm³/mol. The van der Waals surface area contributed by atoms with Gasteiger partial charge in [0, 0.05) is 23.2 Å². The fraction of sp³-hybridized carbons (Fsp3) is 0.625. The molecule has 20 heavy (non-hydrogen) atoms. The molecule has 1 aliphatic rings. The number of halogens is 1. The van der Waals surface area contributed by atoms with Gasteiger partial charge in [0.15, 0.2) is 0 Å². The molecule has 1 aliphatic heterocycles. The van der Waals surface area contributed by atoms with Gasteiger partial charge in [-0.3, -0.25) is 0 Å². The Morgan fingerprint density at radius 3 is 2.95 bits per heavy atom. The molecule has 0 radical (unpaired) electrons. The number of hydrogen-bond donors (Lipinski definition) is 1. The molecule has 0 aliphatic carbocycles. The quantitative estimate of drug-likeness (QED) is 0.902. The fourth-order valence-corrected chi connectivity index (χ4v) is 3.06. The first-order chi connectivity index (χ1) is 9.74. The van der Waals surface area contributed by atoms with E-state index in [4.69, 9.17) is 16.3 Å². The standard InChI is InChI=1S/C16H25ClN2O/c1-3-19-10-5-6-13(9-11-19)18-12-14-15(17)7-4-8-16(14)20-2/h4,7-8,13,18H,3,5-6,9-12H2,1-2H3. The van der Waals surface area contributed by atoms with Crippen LogP contribution >= 0.6 is 11.6 Å². The molecule has 1 atom stereocenters. The van der Waals surface area contributed by atoms with Crippen molar-refractivity contribution in [2.24, 2.45) is 0 Å². The summed E-state index contributed by atoms with van der Waals surface area (Å²) in [7, 11) is 1.69. The number of ether oxygens (including phenoxy) is 1. The van der Waals surface area contributed by atoms with E-state index in [9.17, 15) is 0 Å². The summed E-state index contributed by atoms with van der Waals surface area (Å²) in [4.78, 5) is 2.53. The lowest BCUT2D eigenvalue weighted by molar-refractivity contribution is 0.297. The Morgan fingerprint density at radius 1 is 1.35 bits per heavy atom. The van der Waals surface area contributed by atoms with Crippen LogP contribution in [0.15, 0.2) is 18.2 Å². The second kappa shape index (κ2) is 7.87. The van der Waals surface area contributed by atoms with E-state index in [0.29, 0.717) is 6.04 Å². The van der Waals surface area contributed by atoms with Crippen LogP contribution in [0.4, 0.5) is 0 Å². The van der Waals surface area contributed by atoms with Crippen molar-refractivity contribution in [1.82, 2.24) is 10.2 Å². The first-order valence-corrected chi connectivity index (χ1v) is 7.89. The Bertz CT molecular complexity index is 425. The Balaban J connectivity index is 1.92. The number of rotatable bonds is 5. The molecule has 4 heteroatoms. The van der Waals surface area contributed by atoms with E-state index in [-0.39, 0.29) is 0 Å². The molecule has 0 amide bonds. The predicted octanol–water partition coefficient (Wildman–Crippen LogP) is 3.31. The van der Waals surface area contributed by atoms with Crippen molar-refractivity contribution in [3.8, 4) is 5.75 Å². The van der Waals surface area contributed by atoms with Gasteiger partial charge in [-0.2, -0.15) is 0 Å². The molecular formula is C16H25ClN2O. The molecule has 1 heterocycles. The van der Waals surface area contributed by atoms with Crippen molar-refractivity contribution in [2.45, 2.75) is 38.8 Å². The average molecular weight is 297 g/mol. The highest BCUT2D eigenvalue weighted by Crippen LogP contribution is 2.26. The zero-order valence-electron chi connectivity index (χ0n) is 12.5. The maximum atomic E-state index is 6.28. The summed E-state index contributed by atoms with van der Waals surface area (Å²) >= 11 is 6.28. The third-order valence-electron chi connectivity index (χ3n) is 4.13. The van der Waals surface area contributed by atoms with Crippen LogP contribution in [0.3, 0.4) is 0 Å². The Hall–Kier alpha value is -0.770. The zero-order valence-corrected chi connectivity index (χ0v) is 13.2. The number of likely N-dealkylation sites (tertiary alicyclic amines) is 1. The topological polar surface area (TPSA) is 24.5 Å². The van der Waals surface area contributed by atoms with Crippen molar-refractivity contribution in [1.29, 1.82) is 0 Å². The molecule has 112 valence electrons. The van der Waals surface area contributed by atoms with E-state index in [0.717, 1.165) is 29.4 Å². The molecule has 1 saturated heterocycles. The van der Waals surface area contributed by atoms with E-state index in [1.54, 1.807) is 7.11 Å². The fourth-order valence-electron chi connectivity index (χ4n) is 2.82. The molecule has 1 aromatic rings. The molecule has 1 N–H and O–H groups in total. The van der Waals surface area contributed by atoms with Crippen molar-refractivity contribution < 1.29 is 4.74 Å². The minimum atomic E-state index is 0.576. The molecule has 3 nitrogen and oxygen atoms in total. The van der Waals surface area contributed by atoms with Gasteiger partial charge < -0.3 is 15.0 Å². The maximum absolute atomic E-state index is 6.28. The highest BCUT2D eigenvalue weighted by Gasteiger charge is 2.16. The minimum Gasteiger partial charge on any atom is -0.496 e. The van der Waals surface area contributed by atoms with Gasteiger partial charge >= 0.3 is 0 Å². The summed E-state index contributed by atoms with van der Waals surface area (Å²) < 4.78 is 5.39. The highest BCUT2D eigenvalue weighted by molar-refractivity contribution is 6.31. The lowest BCUT2D eigenvalue weighted by Crippen LogP contribution is -2.30. The van der Waals surface area contributed by atoms with Crippen LogP contribution in [0, 0.1) is 0 Å².